The Morgan fingerprint density at radius 1 is 1.42 bits per heavy atom. The molecule has 0 radical (unpaired) electrons. The molecule has 0 atom stereocenters. The molecule has 0 saturated carbocycles. The van der Waals surface area contributed by atoms with Crippen molar-refractivity contribution in [2.75, 3.05) is 18.8 Å². The monoisotopic (exact) mass is 297 g/mol. The highest BCUT2D eigenvalue weighted by Gasteiger charge is 2.36. The van der Waals surface area contributed by atoms with E-state index in [1.165, 1.54) is 0 Å². The van der Waals surface area contributed by atoms with Crippen molar-refractivity contribution in [1.82, 2.24) is 9.29 Å². The Hall–Kier alpha value is -1.35. The van der Waals surface area contributed by atoms with Crippen LogP contribution in [0.5, 0.6) is 0 Å². The van der Waals surface area contributed by atoms with Crippen molar-refractivity contribution in [2.45, 2.75) is 24.4 Å². The first-order valence-corrected chi connectivity index (χ1v) is 6.89. The summed E-state index contributed by atoms with van der Waals surface area (Å²) in [6.07, 6.45) is -3.18. The normalized spacial score (nSPS) is 12.9. The lowest BCUT2D eigenvalue weighted by molar-refractivity contribution is -0.136. The van der Waals surface area contributed by atoms with Crippen LogP contribution in [0.4, 0.5) is 19.0 Å². The van der Waals surface area contributed by atoms with E-state index in [0.29, 0.717) is 4.31 Å². The van der Waals surface area contributed by atoms with Crippen molar-refractivity contribution >= 4 is 15.8 Å². The van der Waals surface area contributed by atoms with Crippen molar-refractivity contribution < 1.29 is 21.6 Å². The van der Waals surface area contributed by atoms with Crippen LogP contribution >= 0.6 is 0 Å². The molecule has 0 spiro atoms. The van der Waals surface area contributed by atoms with Gasteiger partial charge in [-0.15, -0.1) is 0 Å². The molecule has 9 heteroatoms. The van der Waals surface area contributed by atoms with E-state index < -0.39 is 22.7 Å². The Bertz CT molecular complexity index is 531. The first-order chi connectivity index (χ1) is 8.66. The standard InChI is InChI=1S/C10H14F3N3O2S/c1-2-5-16(7-10(11,12)13)19(17,18)8-3-4-15-9(14)6-8/h3-4,6H,2,5,7H2,1H3,(H2,14,15). The molecule has 0 aromatic carbocycles. The fourth-order valence-corrected chi connectivity index (χ4v) is 3.01. The lowest BCUT2D eigenvalue weighted by Crippen LogP contribution is -2.39. The van der Waals surface area contributed by atoms with Crippen molar-refractivity contribution in [2.24, 2.45) is 0 Å². The highest BCUT2D eigenvalue weighted by Crippen LogP contribution is 2.23. The number of sulfonamides is 1. The van der Waals surface area contributed by atoms with Gasteiger partial charge in [0.05, 0.1) is 4.90 Å². The zero-order valence-corrected chi connectivity index (χ0v) is 11.0. The molecular weight excluding hydrogens is 283 g/mol. The van der Waals surface area contributed by atoms with Gasteiger partial charge in [0.15, 0.2) is 0 Å². The second kappa shape index (κ2) is 5.74. The van der Waals surface area contributed by atoms with Crippen LogP contribution in [0.1, 0.15) is 13.3 Å². The first-order valence-electron chi connectivity index (χ1n) is 5.45. The molecule has 0 unspecified atom stereocenters. The molecular formula is C10H14F3N3O2S. The summed E-state index contributed by atoms with van der Waals surface area (Å²) in [5.41, 5.74) is 5.34. The number of anilines is 1. The van der Waals surface area contributed by atoms with Crippen molar-refractivity contribution in [3.8, 4) is 0 Å². The quantitative estimate of drug-likeness (QED) is 0.896. The third-order valence-electron chi connectivity index (χ3n) is 2.22. The molecule has 5 nitrogen and oxygen atoms in total. The molecule has 0 bridgehead atoms. The Labute approximate surface area is 109 Å². The summed E-state index contributed by atoms with van der Waals surface area (Å²) < 4.78 is 61.8. The second-order valence-electron chi connectivity index (χ2n) is 3.87. The number of nitrogens with zero attached hydrogens (tertiary/aromatic N) is 2. The fraction of sp³-hybridized carbons (Fsp3) is 0.500. The van der Waals surface area contributed by atoms with Gasteiger partial charge in [0.25, 0.3) is 0 Å². The van der Waals surface area contributed by atoms with Crippen LogP contribution < -0.4 is 5.73 Å². The van der Waals surface area contributed by atoms with Gasteiger partial charge in [-0.2, -0.15) is 17.5 Å². The van der Waals surface area contributed by atoms with Crippen LogP contribution in [-0.2, 0) is 10.0 Å². The van der Waals surface area contributed by atoms with E-state index >= 15 is 0 Å². The topological polar surface area (TPSA) is 76.3 Å². The Morgan fingerprint density at radius 2 is 2.05 bits per heavy atom. The van der Waals surface area contributed by atoms with E-state index in [4.69, 9.17) is 5.73 Å². The lowest BCUT2D eigenvalue weighted by Gasteiger charge is -2.22. The lowest BCUT2D eigenvalue weighted by atomic mass is 10.5. The fourth-order valence-electron chi connectivity index (χ4n) is 1.47. The summed E-state index contributed by atoms with van der Waals surface area (Å²) in [5, 5.41) is 0. The second-order valence-corrected chi connectivity index (χ2v) is 5.81. The van der Waals surface area contributed by atoms with Gasteiger partial charge in [0.1, 0.15) is 12.4 Å². The summed E-state index contributed by atoms with van der Waals surface area (Å²) >= 11 is 0. The van der Waals surface area contributed by atoms with Crippen molar-refractivity contribution in [3.63, 3.8) is 0 Å². The number of pyridine rings is 1. The van der Waals surface area contributed by atoms with E-state index in [2.05, 4.69) is 4.98 Å². The molecule has 2 N–H and O–H groups in total. The average Bonchev–Trinajstić information content (AvgIpc) is 2.26. The summed E-state index contributed by atoms with van der Waals surface area (Å²) in [6.45, 7) is -0.144. The molecule has 0 aliphatic carbocycles. The van der Waals surface area contributed by atoms with E-state index in [1.54, 1.807) is 6.92 Å². The SMILES string of the molecule is CCCN(CC(F)(F)F)S(=O)(=O)c1ccnc(N)c1. The maximum absolute atomic E-state index is 12.4. The van der Waals surface area contributed by atoms with E-state index in [-0.39, 0.29) is 23.7 Å². The number of hydrogen-bond acceptors (Lipinski definition) is 4. The smallest absolute Gasteiger partial charge is 0.384 e. The highest BCUT2D eigenvalue weighted by molar-refractivity contribution is 7.89. The zero-order chi connectivity index (χ0) is 14.7. The van der Waals surface area contributed by atoms with Gasteiger partial charge in [0.2, 0.25) is 10.0 Å². The number of nitrogen functional groups attached to an aromatic ring is 1. The number of rotatable bonds is 5. The summed E-state index contributed by atoms with van der Waals surface area (Å²) in [6, 6.07) is 2.15. The first kappa shape index (κ1) is 15.7. The predicted molar refractivity (Wildman–Crippen MR) is 63.8 cm³/mol. The van der Waals surface area contributed by atoms with Crippen molar-refractivity contribution in [3.05, 3.63) is 18.3 Å². The highest BCUT2D eigenvalue weighted by atomic mass is 32.2. The molecule has 0 aliphatic heterocycles. The van der Waals surface area contributed by atoms with Gasteiger partial charge in [-0.05, 0) is 12.5 Å². The van der Waals surface area contributed by atoms with Gasteiger partial charge in [-0.3, -0.25) is 0 Å². The zero-order valence-electron chi connectivity index (χ0n) is 10.2. The van der Waals surface area contributed by atoms with Gasteiger partial charge < -0.3 is 5.73 Å². The van der Waals surface area contributed by atoms with Crippen LogP contribution in [0.2, 0.25) is 0 Å². The number of hydrogen-bond donors (Lipinski definition) is 1. The maximum atomic E-state index is 12.4. The average molecular weight is 297 g/mol. The number of nitrogens with two attached hydrogens (primary N) is 1. The third-order valence-corrected chi connectivity index (χ3v) is 4.06. The Balaban J connectivity index is 3.13. The maximum Gasteiger partial charge on any atom is 0.402 e. The van der Waals surface area contributed by atoms with Gasteiger partial charge in [0, 0.05) is 18.8 Å². The Morgan fingerprint density at radius 3 is 2.53 bits per heavy atom. The van der Waals surface area contributed by atoms with Crippen LogP contribution in [0, 0.1) is 0 Å². The summed E-state index contributed by atoms with van der Waals surface area (Å²) in [7, 11) is -4.23. The van der Waals surface area contributed by atoms with E-state index in [1.807, 2.05) is 0 Å². The minimum atomic E-state index is -4.60. The number of aromatic nitrogens is 1. The summed E-state index contributed by atoms with van der Waals surface area (Å²) in [5.74, 6) is -0.0652. The molecule has 19 heavy (non-hydrogen) atoms. The Kier molecular flexibility index (Phi) is 4.75. The molecule has 1 aromatic heterocycles. The van der Waals surface area contributed by atoms with Crippen molar-refractivity contribution in [1.29, 1.82) is 0 Å². The molecule has 0 saturated heterocycles. The molecule has 0 aliphatic rings. The molecule has 1 heterocycles. The van der Waals surface area contributed by atoms with Gasteiger partial charge in [-0.25, -0.2) is 13.4 Å². The van der Waals surface area contributed by atoms with Crippen LogP contribution in [0.15, 0.2) is 23.2 Å². The minimum absolute atomic E-state index is 0.0652. The van der Waals surface area contributed by atoms with E-state index in [9.17, 15) is 21.6 Å². The molecule has 1 rings (SSSR count). The molecule has 0 fully saturated rings. The van der Waals surface area contributed by atoms with Crippen LogP contribution in [0.25, 0.3) is 0 Å². The largest absolute Gasteiger partial charge is 0.402 e. The summed E-state index contributed by atoms with van der Waals surface area (Å²) in [4.78, 5) is 3.31. The molecule has 1 aromatic rings. The minimum Gasteiger partial charge on any atom is -0.384 e. The van der Waals surface area contributed by atoms with Crippen LogP contribution in [-0.4, -0.2) is 37.0 Å². The number of alkyl halides is 3. The van der Waals surface area contributed by atoms with Gasteiger partial charge >= 0.3 is 6.18 Å². The molecule has 0 amide bonds. The third kappa shape index (κ3) is 4.35. The van der Waals surface area contributed by atoms with E-state index in [0.717, 1.165) is 18.3 Å². The van der Waals surface area contributed by atoms with Gasteiger partial charge in [-0.1, -0.05) is 6.92 Å². The molecule has 108 valence electrons. The number of halogens is 3. The predicted octanol–water partition coefficient (Wildman–Crippen LogP) is 1.63. The van der Waals surface area contributed by atoms with Crippen LogP contribution in [0.3, 0.4) is 0 Å².